The quantitative estimate of drug-likeness (QED) is 0.799. The van der Waals surface area contributed by atoms with E-state index in [0.717, 1.165) is 25.2 Å². The van der Waals surface area contributed by atoms with Crippen molar-refractivity contribution in [2.45, 2.75) is 12.5 Å². The molecule has 2 heterocycles. The molecule has 2 fully saturated rings. The number of carbonyl (C=O) groups is 1. The Morgan fingerprint density at radius 2 is 2.00 bits per heavy atom. The highest BCUT2D eigenvalue weighted by molar-refractivity contribution is 5.86. The van der Waals surface area contributed by atoms with Gasteiger partial charge in [-0.3, -0.25) is 4.79 Å². The predicted octanol–water partition coefficient (Wildman–Crippen LogP) is 0.606. The molecule has 3 nitrogen and oxygen atoms in total. The second kappa shape index (κ2) is 4.59. The van der Waals surface area contributed by atoms with Gasteiger partial charge in [0.05, 0.1) is 6.04 Å². The Hall–Kier alpha value is -1.19. The van der Waals surface area contributed by atoms with Crippen molar-refractivity contribution in [3.63, 3.8) is 0 Å². The van der Waals surface area contributed by atoms with Crippen molar-refractivity contribution in [1.29, 1.82) is 0 Å². The molecule has 0 spiro atoms. The standard InChI is InChI=1S/C14H18N2O/c17-13(6-10-4-2-1-3-5-10)14-12-9-15-7-11(12)8-16-14/h1-5,11-12,14-16H,6-9H2. The van der Waals surface area contributed by atoms with Crippen LogP contribution in [0.1, 0.15) is 5.56 Å². The van der Waals surface area contributed by atoms with Crippen molar-refractivity contribution < 1.29 is 4.79 Å². The molecule has 17 heavy (non-hydrogen) atoms. The van der Waals surface area contributed by atoms with Crippen LogP contribution in [0.5, 0.6) is 0 Å². The summed E-state index contributed by atoms with van der Waals surface area (Å²) < 4.78 is 0. The Morgan fingerprint density at radius 1 is 1.18 bits per heavy atom. The first kappa shape index (κ1) is 10.9. The normalized spacial score (nSPS) is 31.4. The minimum absolute atomic E-state index is 0.0650. The molecule has 1 aromatic rings. The molecule has 3 heteroatoms. The highest BCUT2D eigenvalue weighted by Crippen LogP contribution is 2.26. The lowest BCUT2D eigenvalue weighted by Gasteiger charge is -2.16. The minimum Gasteiger partial charge on any atom is -0.316 e. The molecular formula is C14H18N2O. The van der Waals surface area contributed by atoms with E-state index in [4.69, 9.17) is 0 Å². The molecule has 0 amide bonds. The molecule has 2 saturated heterocycles. The van der Waals surface area contributed by atoms with Gasteiger partial charge in [-0.2, -0.15) is 0 Å². The fourth-order valence-corrected chi connectivity index (χ4v) is 3.06. The Balaban J connectivity index is 1.67. The number of hydrogen-bond donors (Lipinski definition) is 2. The number of rotatable bonds is 3. The largest absolute Gasteiger partial charge is 0.316 e. The van der Waals surface area contributed by atoms with Crippen LogP contribution < -0.4 is 10.6 Å². The van der Waals surface area contributed by atoms with Crippen LogP contribution in [0.4, 0.5) is 0 Å². The maximum Gasteiger partial charge on any atom is 0.154 e. The van der Waals surface area contributed by atoms with E-state index in [1.54, 1.807) is 0 Å². The molecule has 90 valence electrons. The third-order valence-corrected chi connectivity index (χ3v) is 3.99. The summed E-state index contributed by atoms with van der Waals surface area (Å²) in [5.41, 5.74) is 1.12. The van der Waals surface area contributed by atoms with Crippen LogP contribution in [0.2, 0.25) is 0 Å². The molecule has 3 atom stereocenters. The summed E-state index contributed by atoms with van der Waals surface area (Å²) in [6.07, 6.45) is 0.557. The number of Topliss-reactive ketones (excluding diaryl/α,β-unsaturated/α-hetero) is 1. The highest BCUT2D eigenvalue weighted by Gasteiger charge is 2.41. The lowest BCUT2D eigenvalue weighted by molar-refractivity contribution is -0.120. The van der Waals surface area contributed by atoms with Crippen molar-refractivity contribution in [1.82, 2.24) is 10.6 Å². The number of carbonyl (C=O) groups excluding carboxylic acids is 1. The third kappa shape index (κ3) is 2.13. The van der Waals surface area contributed by atoms with Gasteiger partial charge in [0.1, 0.15) is 0 Å². The third-order valence-electron chi connectivity index (χ3n) is 3.99. The van der Waals surface area contributed by atoms with E-state index in [1.807, 2.05) is 30.3 Å². The number of ketones is 1. The first-order chi connectivity index (χ1) is 8.34. The average molecular weight is 230 g/mol. The van der Waals surface area contributed by atoms with Gasteiger partial charge in [-0.05, 0) is 23.9 Å². The number of hydrogen-bond acceptors (Lipinski definition) is 3. The van der Waals surface area contributed by atoms with Crippen LogP contribution in [0.3, 0.4) is 0 Å². The minimum atomic E-state index is 0.0650. The van der Waals surface area contributed by atoms with Gasteiger partial charge in [0.15, 0.2) is 5.78 Å². The predicted molar refractivity (Wildman–Crippen MR) is 66.8 cm³/mol. The van der Waals surface area contributed by atoms with E-state index in [9.17, 15) is 4.79 Å². The van der Waals surface area contributed by atoms with Crippen molar-refractivity contribution in [3.8, 4) is 0 Å². The van der Waals surface area contributed by atoms with Crippen LogP contribution in [0, 0.1) is 11.8 Å². The fourth-order valence-electron chi connectivity index (χ4n) is 3.06. The molecule has 0 aromatic heterocycles. The summed E-state index contributed by atoms with van der Waals surface area (Å²) in [4.78, 5) is 12.3. The lowest BCUT2D eigenvalue weighted by atomic mass is 9.90. The smallest absolute Gasteiger partial charge is 0.154 e. The van der Waals surface area contributed by atoms with Crippen LogP contribution >= 0.6 is 0 Å². The van der Waals surface area contributed by atoms with Crippen LogP contribution in [-0.4, -0.2) is 31.5 Å². The molecule has 2 N–H and O–H groups in total. The zero-order valence-electron chi connectivity index (χ0n) is 9.86. The summed E-state index contributed by atoms with van der Waals surface area (Å²) in [6.45, 7) is 3.04. The topological polar surface area (TPSA) is 41.1 Å². The van der Waals surface area contributed by atoms with Gasteiger partial charge in [0.25, 0.3) is 0 Å². The fraction of sp³-hybridized carbons (Fsp3) is 0.500. The van der Waals surface area contributed by atoms with Gasteiger partial charge in [-0.15, -0.1) is 0 Å². The number of benzene rings is 1. The number of nitrogens with one attached hydrogen (secondary N) is 2. The average Bonchev–Trinajstić information content (AvgIpc) is 2.91. The Bertz CT molecular complexity index is 404. The van der Waals surface area contributed by atoms with E-state index in [0.29, 0.717) is 24.0 Å². The highest BCUT2D eigenvalue weighted by atomic mass is 16.1. The summed E-state index contributed by atoms with van der Waals surface area (Å²) in [6, 6.07) is 10.1. The summed E-state index contributed by atoms with van der Waals surface area (Å²) >= 11 is 0. The van der Waals surface area contributed by atoms with E-state index in [2.05, 4.69) is 10.6 Å². The van der Waals surface area contributed by atoms with Crippen molar-refractivity contribution in [2.24, 2.45) is 11.8 Å². The van der Waals surface area contributed by atoms with Crippen LogP contribution in [0.15, 0.2) is 30.3 Å². The molecule has 0 aliphatic carbocycles. The van der Waals surface area contributed by atoms with Gasteiger partial charge in [-0.25, -0.2) is 0 Å². The van der Waals surface area contributed by atoms with E-state index in [1.165, 1.54) is 0 Å². The maximum atomic E-state index is 12.3. The molecule has 0 bridgehead atoms. The zero-order chi connectivity index (χ0) is 11.7. The van der Waals surface area contributed by atoms with Crippen LogP contribution in [0.25, 0.3) is 0 Å². The molecule has 2 aliphatic heterocycles. The van der Waals surface area contributed by atoms with Gasteiger partial charge in [0, 0.05) is 19.5 Å². The molecule has 0 saturated carbocycles. The summed E-state index contributed by atoms with van der Waals surface area (Å²) in [5, 5.41) is 6.77. The Morgan fingerprint density at radius 3 is 2.82 bits per heavy atom. The van der Waals surface area contributed by atoms with Gasteiger partial charge in [-0.1, -0.05) is 30.3 Å². The molecule has 2 aliphatic rings. The second-order valence-electron chi connectivity index (χ2n) is 5.10. The molecular weight excluding hydrogens is 212 g/mol. The molecule has 0 radical (unpaired) electrons. The van der Waals surface area contributed by atoms with Gasteiger partial charge in [0.2, 0.25) is 0 Å². The molecule has 1 aromatic carbocycles. The number of fused-ring (bicyclic) bond motifs is 1. The van der Waals surface area contributed by atoms with Crippen molar-refractivity contribution >= 4 is 5.78 Å². The first-order valence-corrected chi connectivity index (χ1v) is 6.35. The molecule has 3 unspecified atom stereocenters. The second-order valence-corrected chi connectivity index (χ2v) is 5.10. The Labute approximate surface area is 102 Å². The van der Waals surface area contributed by atoms with Gasteiger partial charge >= 0.3 is 0 Å². The zero-order valence-corrected chi connectivity index (χ0v) is 9.86. The first-order valence-electron chi connectivity index (χ1n) is 6.35. The summed E-state index contributed by atoms with van der Waals surface area (Å²) in [7, 11) is 0. The lowest BCUT2D eigenvalue weighted by Crippen LogP contribution is -2.39. The van der Waals surface area contributed by atoms with Crippen molar-refractivity contribution in [2.75, 3.05) is 19.6 Å². The van der Waals surface area contributed by atoms with Crippen LogP contribution in [-0.2, 0) is 11.2 Å². The maximum absolute atomic E-state index is 12.3. The van der Waals surface area contributed by atoms with E-state index >= 15 is 0 Å². The summed E-state index contributed by atoms with van der Waals surface area (Å²) in [5.74, 6) is 1.50. The van der Waals surface area contributed by atoms with Crippen molar-refractivity contribution in [3.05, 3.63) is 35.9 Å². The monoisotopic (exact) mass is 230 g/mol. The Kier molecular flexibility index (Phi) is 2.95. The molecule has 3 rings (SSSR count). The van der Waals surface area contributed by atoms with Gasteiger partial charge < -0.3 is 10.6 Å². The van der Waals surface area contributed by atoms with E-state index in [-0.39, 0.29) is 6.04 Å². The SMILES string of the molecule is O=C(Cc1ccccc1)C1NCC2CNCC21. The van der Waals surface area contributed by atoms with E-state index < -0.39 is 0 Å².